The second-order valence-corrected chi connectivity index (χ2v) is 12.2. The normalized spacial score (nSPS) is 29.1. The van der Waals surface area contributed by atoms with Crippen LogP contribution in [0.2, 0.25) is 0 Å². The van der Waals surface area contributed by atoms with Gasteiger partial charge in [0, 0.05) is 0 Å². The molecule has 0 saturated heterocycles. The van der Waals surface area contributed by atoms with Gasteiger partial charge in [-0.2, -0.15) is 0 Å². The zero-order valence-electron chi connectivity index (χ0n) is 17.1. The van der Waals surface area contributed by atoms with Crippen molar-refractivity contribution in [3.63, 3.8) is 0 Å². The second kappa shape index (κ2) is 8.69. The summed E-state index contributed by atoms with van der Waals surface area (Å²) in [5, 5.41) is 0. The molecule has 4 bridgehead atoms. The van der Waals surface area contributed by atoms with E-state index in [0.717, 1.165) is 22.8 Å². The molecule has 0 amide bonds. The molecule has 0 aliphatic heterocycles. The third-order valence-electron chi connectivity index (χ3n) is 6.35. The standard InChI is InChI=1S/C23H27IO6/c1-15(2)21(26)28-14-20(25)29-24(19-6-4-3-5-7-19)30-22(27)23-11-16-8-17(12-23)10-18(9-16)13-23/h3-7,16-18H,1,8-14H2,2H3. The van der Waals surface area contributed by atoms with Crippen molar-refractivity contribution < 1.29 is 25.3 Å². The number of carbonyl (C=O) groups is 3. The number of carbonyl (C=O) groups excluding carboxylic acids is 3. The molecule has 0 N–H and O–H groups in total. The van der Waals surface area contributed by atoms with Crippen LogP contribution in [-0.2, 0) is 25.3 Å². The molecule has 0 radical (unpaired) electrons. The molecular formula is C23H27IO6. The van der Waals surface area contributed by atoms with Crippen LogP contribution in [0.4, 0.5) is 0 Å². The number of benzene rings is 1. The second-order valence-electron chi connectivity index (χ2n) is 8.88. The van der Waals surface area contributed by atoms with Gasteiger partial charge in [0.15, 0.2) is 0 Å². The maximum absolute atomic E-state index is 13.3. The topological polar surface area (TPSA) is 78.9 Å². The van der Waals surface area contributed by atoms with Gasteiger partial charge in [0.25, 0.3) is 0 Å². The average Bonchev–Trinajstić information content (AvgIpc) is 2.71. The number of halogens is 1. The van der Waals surface area contributed by atoms with Crippen LogP contribution >= 0.6 is 20.6 Å². The summed E-state index contributed by atoms with van der Waals surface area (Å²) < 4.78 is 17.1. The van der Waals surface area contributed by atoms with Gasteiger partial charge in [-0.1, -0.05) is 0 Å². The fraction of sp³-hybridized carbons (Fsp3) is 0.522. The van der Waals surface area contributed by atoms with Crippen molar-refractivity contribution in [1.29, 1.82) is 0 Å². The van der Waals surface area contributed by atoms with Crippen molar-refractivity contribution in [2.45, 2.75) is 45.4 Å². The van der Waals surface area contributed by atoms with Crippen molar-refractivity contribution in [3.05, 3.63) is 46.1 Å². The molecule has 5 rings (SSSR count). The quantitative estimate of drug-likeness (QED) is 0.293. The Kier molecular flexibility index (Phi) is 6.18. The van der Waals surface area contributed by atoms with Crippen molar-refractivity contribution in [1.82, 2.24) is 0 Å². The Morgan fingerprint density at radius 3 is 2.10 bits per heavy atom. The Morgan fingerprint density at radius 1 is 1.00 bits per heavy atom. The van der Waals surface area contributed by atoms with Crippen LogP contribution in [0.15, 0.2) is 42.5 Å². The van der Waals surface area contributed by atoms with Gasteiger partial charge >= 0.3 is 185 Å². The molecule has 6 nitrogen and oxygen atoms in total. The Balaban J connectivity index is 1.45. The molecule has 0 heterocycles. The first-order valence-corrected chi connectivity index (χ1v) is 13.2. The number of esters is 1. The Morgan fingerprint density at radius 2 is 1.57 bits per heavy atom. The van der Waals surface area contributed by atoms with Gasteiger partial charge in [0.2, 0.25) is 0 Å². The minimum absolute atomic E-state index is 0.203. The SMILES string of the molecule is C=C(C)C(=O)OCC(=O)OI(OC(=O)C12CC3CC(CC(C3)C1)C2)c1ccccc1. The van der Waals surface area contributed by atoms with Crippen LogP contribution in [-0.4, -0.2) is 24.5 Å². The van der Waals surface area contributed by atoms with E-state index in [1.807, 2.05) is 30.3 Å². The third kappa shape index (κ3) is 4.55. The van der Waals surface area contributed by atoms with Gasteiger partial charge in [-0.05, 0) is 0 Å². The first-order chi connectivity index (χ1) is 14.3. The molecule has 0 aromatic heterocycles. The maximum atomic E-state index is 13.3. The van der Waals surface area contributed by atoms with Gasteiger partial charge in [0.1, 0.15) is 0 Å². The van der Waals surface area contributed by atoms with Crippen molar-refractivity contribution >= 4 is 38.6 Å². The van der Waals surface area contributed by atoms with Crippen molar-refractivity contribution in [2.24, 2.45) is 23.2 Å². The van der Waals surface area contributed by atoms with Crippen LogP contribution in [0.25, 0.3) is 0 Å². The fourth-order valence-corrected chi connectivity index (χ4v) is 8.48. The molecule has 4 aliphatic rings. The summed E-state index contributed by atoms with van der Waals surface area (Å²) in [6, 6.07) is 9.13. The van der Waals surface area contributed by atoms with E-state index in [0.29, 0.717) is 17.8 Å². The van der Waals surface area contributed by atoms with E-state index < -0.39 is 44.6 Å². The molecule has 162 valence electrons. The first-order valence-electron chi connectivity index (χ1n) is 10.4. The number of ether oxygens (including phenoxy) is 1. The molecule has 4 saturated carbocycles. The summed E-state index contributed by atoms with van der Waals surface area (Å²) in [5.41, 5.74) is -0.215. The van der Waals surface area contributed by atoms with E-state index in [2.05, 4.69) is 6.58 Å². The fourth-order valence-electron chi connectivity index (χ4n) is 5.48. The Labute approximate surface area is 184 Å². The Bertz CT molecular complexity index is 813. The van der Waals surface area contributed by atoms with E-state index in [9.17, 15) is 14.4 Å². The van der Waals surface area contributed by atoms with Gasteiger partial charge in [-0.25, -0.2) is 0 Å². The van der Waals surface area contributed by atoms with Gasteiger partial charge in [0.05, 0.1) is 0 Å². The van der Waals surface area contributed by atoms with Crippen LogP contribution in [0.3, 0.4) is 0 Å². The van der Waals surface area contributed by atoms with Crippen LogP contribution in [0, 0.1) is 26.7 Å². The minimum atomic E-state index is -3.05. The molecule has 7 heteroatoms. The molecule has 30 heavy (non-hydrogen) atoms. The zero-order valence-corrected chi connectivity index (χ0v) is 19.3. The van der Waals surface area contributed by atoms with Crippen molar-refractivity contribution in [2.75, 3.05) is 6.61 Å². The third-order valence-corrected chi connectivity index (χ3v) is 9.78. The summed E-state index contributed by atoms with van der Waals surface area (Å²) in [5.74, 6) is 0.280. The van der Waals surface area contributed by atoms with E-state index >= 15 is 0 Å². The van der Waals surface area contributed by atoms with Gasteiger partial charge < -0.3 is 0 Å². The Hall–Kier alpha value is -1.90. The van der Waals surface area contributed by atoms with E-state index in [-0.39, 0.29) is 11.5 Å². The summed E-state index contributed by atoms with van der Waals surface area (Å²) >= 11 is -3.05. The molecule has 4 aliphatic carbocycles. The van der Waals surface area contributed by atoms with E-state index in [4.69, 9.17) is 10.9 Å². The summed E-state index contributed by atoms with van der Waals surface area (Å²) in [7, 11) is 0. The first kappa shape index (κ1) is 21.3. The zero-order chi connectivity index (χ0) is 21.3. The molecule has 0 atom stereocenters. The predicted octanol–water partition coefficient (Wildman–Crippen LogP) is 4.61. The molecule has 0 unspecified atom stereocenters. The average molecular weight is 526 g/mol. The molecule has 1 aromatic rings. The monoisotopic (exact) mass is 526 g/mol. The summed E-state index contributed by atoms with van der Waals surface area (Å²) in [4.78, 5) is 37.2. The number of hydrogen-bond donors (Lipinski definition) is 0. The van der Waals surface area contributed by atoms with E-state index in [1.54, 1.807) is 0 Å². The number of rotatable bonds is 7. The molecule has 0 spiro atoms. The molecule has 1 aromatic carbocycles. The van der Waals surface area contributed by atoms with Crippen LogP contribution in [0.1, 0.15) is 45.4 Å². The number of hydrogen-bond acceptors (Lipinski definition) is 6. The van der Waals surface area contributed by atoms with Gasteiger partial charge in [-0.15, -0.1) is 0 Å². The summed E-state index contributed by atoms with van der Waals surface area (Å²) in [6.07, 6.45) is 6.37. The van der Waals surface area contributed by atoms with Crippen LogP contribution in [0.5, 0.6) is 0 Å². The molecular weight excluding hydrogens is 499 g/mol. The van der Waals surface area contributed by atoms with E-state index in [1.165, 1.54) is 26.2 Å². The predicted molar refractivity (Wildman–Crippen MR) is 118 cm³/mol. The van der Waals surface area contributed by atoms with Crippen molar-refractivity contribution in [3.8, 4) is 0 Å². The molecule has 4 fully saturated rings. The summed E-state index contributed by atoms with van der Waals surface area (Å²) in [6.45, 7) is 4.46. The van der Waals surface area contributed by atoms with Gasteiger partial charge in [-0.3, -0.25) is 0 Å². The van der Waals surface area contributed by atoms with Crippen LogP contribution < -0.4 is 0 Å².